The van der Waals surface area contributed by atoms with E-state index in [9.17, 15) is 9.59 Å². The molecule has 1 N–H and O–H groups in total. The minimum absolute atomic E-state index is 0.00341. The summed E-state index contributed by atoms with van der Waals surface area (Å²) in [7, 11) is 0. The SMILES string of the molecule is CC(=O)c1ccc(OCC(=O)N[C@H](CC(C)C)c2ccccc2)cc1. The van der Waals surface area contributed by atoms with Gasteiger partial charge in [-0.2, -0.15) is 0 Å². The summed E-state index contributed by atoms with van der Waals surface area (Å²) in [6.45, 7) is 5.73. The lowest BCUT2D eigenvalue weighted by Gasteiger charge is -2.21. The van der Waals surface area contributed by atoms with Crippen LogP contribution in [0.15, 0.2) is 54.6 Å². The summed E-state index contributed by atoms with van der Waals surface area (Å²) in [6.07, 6.45) is 0.864. The summed E-state index contributed by atoms with van der Waals surface area (Å²) in [5.74, 6) is 0.875. The lowest BCUT2D eigenvalue weighted by Crippen LogP contribution is -2.33. The van der Waals surface area contributed by atoms with Crippen LogP contribution in [0.1, 0.15) is 49.2 Å². The zero-order valence-corrected chi connectivity index (χ0v) is 15.0. The summed E-state index contributed by atoms with van der Waals surface area (Å²) in [5.41, 5.74) is 1.72. The van der Waals surface area contributed by atoms with Gasteiger partial charge in [0.25, 0.3) is 5.91 Å². The van der Waals surface area contributed by atoms with E-state index in [1.807, 2.05) is 30.3 Å². The smallest absolute Gasteiger partial charge is 0.258 e. The fourth-order valence-electron chi connectivity index (χ4n) is 2.61. The molecule has 0 aromatic heterocycles. The van der Waals surface area contributed by atoms with Crippen molar-refractivity contribution in [1.82, 2.24) is 5.32 Å². The highest BCUT2D eigenvalue weighted by molar-refractivity contribution is 5.94. The Kier molecular flexibility index (Phi) is 6.75. The highest BCUT2D eigenvalue weighted by Crippen LogP contribution is 2.21. The van der Waals surface area contributed by atoms with Gasteiger partial charge in [-0.25, -0.2) is 0 Å². The average Bonchev–Trinajstić information content (AvgIpc) is 2.60. The maximum absolute atomic E-state index is 12.3. The van der Waals surface area contributed by atoms with Gasteiger partial charge >= 0.3 is 0 Å². The Balaban J connectivity index is 1.93. The van der Waals surface area contributed by atoms with E-state index in [-0.39, 0.29) is 24.3 Å². The lowest BCUT2D eigenvalue weighted by molar-refractivity contribution is -0.124. The predicted molar refractivity (Wildman–Crippen MR) is 98.7 cm³/mol. The Morgan fingerprint density at radius 1 is 1.00 bits per heavy atom. The van der Waals surface area contributed by atoms with Gasteiger partial charge in [-0.1, -0.05) is 44.2 Å². The molecule has 0 bridgehead atoms. The molecule has 1 atom stereocenters. The molecular formula is C21H25NO3. The zero-order valence-electron chi connectivity index (χ0n) is 15.0. The van der Waals surface area contributed by atoms with Gasteiger partial charge in [-0.05, 0) is 49.1 Å². The fraction of sp³-hybridized carbons (Fsp3) is 0.333. The van der Waals surface area contributed by atoms with E-state index in [0.29, 0.717) is 17.2 Å². The van der Waals surface area contributed by atoms with Crippen molar-refractivity contribution in [3.8, 4) is 5.75 Å². The van der Waals surface area contributed by atoms with Crippen molar-refractivity contribution < 1.29 is 14.3 Å². The van der Waals surface area contributed by atoms with Crippen LogP contribution in [-0.2, 0) is 4.79 Å². The van der Waals surface area contributed by atoms with Crippen LogP contribution >= 0.6 is 0 Å². The van der Waals surface area contributed by atoms with Gasteiger partial charge in [0.05, 0.1) is 6.04 Å². The van der Waals surface area contributed by atoms with E-state index < -0.39 is 0 Å². The Morgan fingerprint density at radius 3 is 2.20 bits per heavy atom. The molecule has 0 heterocycles. The summed E-state index contributed by atoms with van der Waals surface area (Å²) >= 11 is 0. The number of hydrogen-bond donors (Lipinski definition) is 1. The largest absolute Gasteiger partial charge is 0.484 e. The summed E-state index contributed by atoms with van der Waals surface area (Å²) in [5, 5.41) is 3.05. The Morgan fingerprint density at radius 2 is 1.64 bits per heavy atom. The Bertz CT molecular complexity index is 693. The predicted octanol–water partition coefficient (Wildman–Crippen LogP) is 4.17. The third-order valence-electron chi connectivity index (χ3n) is 3.88. The van der Waals surface area contributed by atoms with Gasteiger partial charge in [0.1, 0.15) is 5.75 Å². The van der Waals surface area contributed by atoms with Crippen molar-refractivity contribution in [3.05, 3.63) is 65.7 Å². The molecule has 0 aliphatic carbocycles. The summed E-state index contributed by atoms with van der Waals surface area (Å²) in [4.78, 5) is 23.5. The first-order valence-electron chi connectivity index (χ1n) is 8.54. The number of ketones is 1. The second-order valence-corrected chi connectivity index (χ2v) is 6.53. The molecule has 0 fully saturated rings. The number of nitrogens with one attached hydrogen (secondary N) is 1. The molecule has 132 valence electrons. The molecule has 2 aromatic carbocycles. The van der Waals surface area contributed by atoms with Crippen LogP contribution in [0.25, 0.3) is 0 Å². The normalized spacial score (nSPS) is 11.8. The van der Waals surface area contributed by atoms with Crippen LogP contribution in [0.2, 0.25) is 0 Å². The molecule has 2 rings (SSSR count). The number of carbonyl (C=O) groups is 2. The monoisotopic (exact) mass is 339 g/mol. The lowest BCUT2D eigenvalue weighted by atomic mass is 9.97. The van der Waals surface area contributed by atoms with Gasteiger partial charge in [0.15, 0.2) is 12.4 Å². The van der Waals surface area contributed by atoms with Gasteiger partial charge in [0.2, 0.25) is 0 Å². The Labute approximate surface area is 149 Å². The molecule has 0 saturated heterocycles. The number of Topliss-reactive ketones (excluding diaryl/α,β-unsaturated/α-hetero) is 1. The fourth-order valence-corrected chi connectivity index (χ4v) is 2.61. The maximum Gasteiger partial charge on any atom is 0.258 e. The molecule has 1 amide bonds. The third kappa shape index (κ3) is 6.07. The van der Waals surface area contributed by atoms with E-state index in [1.54, 1.807) is 24.3 Å². The minimum Gasteiger partial charge on any atom is -0.484 e. The zero-order chi connectivity index (χ0) is 18.2. The van der Waals surface area contributed by atoms with Gasteiger partial charge in [0, 0.05) is 5.56 Å². The van der Waals surface area contributed by atoms with Crippen LogP contribution in [0, 0.1) is 5.92 Å². The maximum atomic E-state index is 12.3. The number of amides is 1. The van der Waals surface area contributed by atoms with Gasteiger partial charge < -0.3 is 10.1 Å². The number of ether oxygens (including phenoxy) is 1. The second-order valence-electron chi connectivity index (χ2n) is 6.53. The highest BCUT2D eigenvalue weighted by Gasteiger charge is 2.16. The van der Waals surface area contributed by atoms with Gasteiger partial charge in [-0.3, -0.25) is 9.59 Å². The van der Waals surface area contributed by atoms with Crippen LogP contribution in [-0.4, -0.2) is 18.3 Å². The van der Waals surface area contributed by atoms with E-state index in [1.165, 1.54) is 6.92 Å². The van der Waals surface area contributed by atoms with E-state index >= 15 is 0 Å². The van der Waals surface area contributed by atoms with Crippen LogP contribution in [0.4, 0.5) is 0 Å². The quantitative estimate of drug-likeness (QED) is 0.734. The molecular weight excluding hydrogens is 314 g/mol. The van der Waals surface area contributed by atoms with E-state index in [2.05, 4.69) is 19.2 Å². The standard InChI is InChI=1S/C21H25NO3/c1-15(2)13-20(18-7-5-4-6-8-18)22-21(24)14-25-19-11-9-17(10-12-19)16(3)23/h4-12,15,20H,13-14H2,1-3H3,(H,22,24)/t20-/m1/s1. The third-order valence-corrected chi connectivity index (χ3v) is 3.88. The summed E-state index contributed by atoms with van der Waals surface area (Å²) in [6, 6.07) is 16.7. The molecule has 0 saturated carbocycles. The number of hydrogen-bond acceptors (Lipinski definition) is 3. The first kappa shape index (κ1) is 18.7. The first-order chi connectivity index (χ1) is 12.0. The van der Waals surface area contributed by atoms with Crippen LogP contribution < -0.4 is 10.1 Å². The molecule has 0 aliphatic heterocycles. The molecule has 4 nitrogen and oxygen atoms in total. The molecule has 0 unspecified atom stereocenters. The molecule has 4 heteroatoms. The summed E-state index contributed by atoms with van der Waals surface area (Å²) < 4.78 is 5.52. The van der Waals surface area contributed by atoms with Crippen molar-refractivity contribution >= 4 is 11.7 Å². The molecule has 0 radical (unpaired) electrons. The van der Waals surface area contributed by atoms with Crippen molar-refractivity contribution in [2.45, 2.75) is 33.2 Å². The molecule has 0 aliphatic rings. The van der Waals surface area contributed by atoms with Crippen molar-refractivity contribution in [1.29, 1.82) is 0 Å². The average molecular weight is 339 g/mol. The first-order valence-corrected chi connectivity index (χ1v) is 8.54. The minimum atomic E-state index is -0.162. The van der Waals surface area contributed by atoms with E-state index in [0.717, 1.165) is 12.0 Å². The van der Waals surface area contributed by atoms with E-state index in [4.69, 9.17) is 4.74 Å². The van der Waals surface area contributed by atoms with Gasteiger partial charge in [-0.15, -0.1) is 0 Å². The van der Waals surface area contributed by atoms with Crippen LogP contribution in [0.3, 0.4) is 0 Å². The molecule has 25 heavy (non-hydrogen) atoms. The van der Waals surface area contributed by atoms with Crippen LogP contribution in [0.5, 0.6) is 5.75 Å². The van der Waals surface area contributed by atoms with Crippen molar-refractivity contribution in [2.75, 3.05) is 6.61 Å². The second kappa shape index (κ2) is 9.02. The molecule has 2 aromatic rings. The number of benzene rings is 2. The Hall–Kier alpha value is -2.62. The number of carbonyl (C=O) groups excluding carboxylic acids is 2. The van der Waals surface area contributed by atoms with Crippen molar-refractivity contribution in [2.24, 2.45) is 5.92 Å². The number of rotatable bonds is 8. The topological polar surface area (TPSA) is 55.4 Å². The highest BCUT2D eigenvalue weighted by atomic mass is 16.5. The van der Waals surface area contributed by atoms with Crippen molar-refractivity contribution in [3.63, 3.8) is 0 Å². The molecule has 0 spiro atoms.